The molecule has 0 spiro atoms. The predicted octanol–water partition coefficient (Wildman–Crippen LogP) is 0.643. The Morgan fingerprint density at radius 3 is 1.95 bits per heavy atom. The molecule has 3 N–H and O–H groups in total. The fourth-order valence-electron chi connectivity index (χ4n) is 6.88. The summed E-state index contributed by atoms with van der Waals surface area (Å²) in [5.74, 6) is -7.72. The number of aliphatic carboxylic acids is 2. The molecule has 1 saturated carbocycles. The summed E-state index contributed by atoms with van der Waals surface area (Å²) in [5, 5.41) is 27.3. The summed E-state index contributed by atoms with van der Waals surface area (Å²) in [6.45, 7) is -0.544. The number of allylic oxidation sites excluding steroid dienone is 2. The summed E-state index contributed by atoms with van der Waals surface area (Å²) >= 11 is 0. The van der Waals surface area contributed by atoms with Crippen molar-refractivity contribution in [2.24, 2.45) is 29.6 Å². The van der Waals surface area contributed by atoms with E-state index >= 15 is 0 Å². The van der Waals surface area contributed by atoms with E-state index in [0.29, 0.717) is 11.3 Å². The zero-order chi connectivity index (χ0) is 28.7. The molecule has 1 aromatic rings. The van der Waals surface area contributed by atoms with Gasteiger partial charge in [-0.05, 0) is 36.5 Å². The number of carboxylic acids is 2. The average molecular weight is 555 g/mol. The molecular formula is C28H30N2O10. The van der Waals surface area contributed by atoms with Crippen LogP contribution in [0.3, 0.4) is 0 Å². The van der Waals surface area contributed by atoms with Crippen molar-refractivity contribution in [1.82, 2.24) is 9.80 Å². The predicted molar refractivity (Wildman–Crippen MR) is 134 cm³/mol. The third kappa shape index (κ3) is 4.66. The molecule has 2 aliphatic heterocycles. The molecule has 0 aromatic heterocycles. The Hall–Kier alpha value is -4.06. The van der Waals surface area contributed by atoms with Gasteiger partial charge in [0, 0.05) is 19.0 Å². The summed E-state index contributed by atoms with van der Waals surface area (Å²) in [4.78, 5) is 78.1. The summed E-state index contributed by atoms with van der Waals surface area (Å²) < 4.78 is 5.46. The second-order valence-corrected chi connectivity index (χ2v) is 10.6. The van der Waals surface area contributed by atoms with E-state index in [1.54, 1.807) is 24.3 Å². The van der Waals surface area contributed by atoms with Crippen LogP contribution in [-0.2, 0) is 28.8 Å². The van der Waals surface area contributed by atoms with Crippen molar-refractivity contribution in [1.29, 1.82) is 0 Å². The van der Waals surface area contributed by atoms with Crippen molar-refractivity contribution in [2.45, 2.75) is 31.6 Å². The van der Waals surface area contributed by atoms with E-state index < -0.39 is 71.1 Å². The van der Waals surface area contributed by atoms with Gasteiger partial charge in [-0.2, -0.15) is 0 Å². The van der Waals surface area contributed by atoms with E-state index in [-0.39, 0.29) is 52.0 Å². The molecule has 6 atom stereocenters. The summed E-state index contributed by atoms with van der Waals surface area (Å²) in [6, 6.07) is 6.92. The number of fused-ring (bicyclic) bond motifs is 4. The van der Waals surface area contributed by atoms with Crippen molar-refractivity contribution in [3.63, 3.8) is 0 Å². The lowest BCUT2D eigenvalue weighted by molar-refractivity contribution is -0.145. The number of likely N-dealkylation sites (tertiary alicyclic amines) is 2. The van der Waals surface area contributed by atoms with Crippen molar-refractivity contribution in [3.05, 3.63) is 41.5 Å². The molecule has 4 aliphatic rings. The number of ether oxygens (including phenoxy) is 1. The maximum Gasteiger partial charge on any atom is 0.305 e. The first-order valence-corrected chi connectivity index (χ1v) is 13.3. The molecule has 12 nitrogen and oxygen atoms in total. The minimum atomic E-state index is -1.14. The Kier molecular flexibility index (Phi) is 7.45. The first-order valence-electron chi connectivity index (χ1n) is 13.3. The summed E-state index contributed by atoms with van der Waals surface area (Å²) in [7, 11) is 0. The van der Waals surface area contributed by atoms with Gasteiger partial charge in [0.1, 0.15) is 12.4 Å². The number of aliphatic hydroxyl groups is 1. The highest BCUT2D eigenvalue weighted by atomic mass is 16.5. The third-order valence-corrected chi connectivity index (χ3v) is 8.53. The quantitative estimate of drug-likeness (QED) is 0.275. The van der Waals surface area contributed by atoms with Crippen LogP contribution in [-0.4, -0.2) is 87.0 Å². The molecule has 4 amide bonds. The fraction of sp³-hybridized carbons (Fsp3) is 0.500. The maximum absolute atomic E-state index is 13.6. The highest BCUT2D eigenvalue weighted by Crippen LogP contribution is 2.57. The number of carboxylic acid groups (broad SMARTS) is 2. The first kappa shape index (κ1) is 27.5. The first-order chi connectivity index (χ1) is 19.1. The van der Waals surface area contributed by atoms with Crippen LogP contribution in [0.2, 0.25) is 0 Å². The molecule has 5 rings (SSSR count). The molecule has 6 unspecified atom stereocenters. The Labute approximate surface area is 229 Å². The highest BCUT2D eigenvalue weighted by Gasteiger charge is 2.61. The third-order valence-electron chi connectivity index (χ3n) is 8.53. The number of carbonyl (C=O) groups excluding carboxylic acids is 4. The van der Waals surface area contributed by atoms with Crippen LogP contribution in [0.5, 0.6) is 5.75 Å². The van der Waals surface area contributed by atoms with Crippen LogP contribution >= 0.6 is 0 Å². The molecule has 0 radical (unpaired) electrons. The Bertz CT molecular complexity index is 1290. The van der Waals surface area contributed by atoms with Gasteiger partial charge in [0.25, 0.3) is 0 Å². The number of benzene rings is 1. The number of hydrogen-bond acceptors (Lipinski definition) is 8. The zero-order valence-corrected chi connectivity index (χ0v) is 21.6. The second kappa shape index (κ2) is 10.8. The van der Waals surface area contributed by atoms with Gasteiger partial charge in [-0.25, -0.2) is 0 Å². The number of aliphatic hydroxyl groups excluding tert-OH is 1. The van der Waals surface area contributed by atoms with Crippen molar-refractivity contribution in [3.8, 4) is 5.75 Å². The monoisotopic (exact) mass is 554 g/mol. The lowest BCUT2D eigenvalue weighted by atomic mass is 9.57. The fourth-order valence-corrected chi connectivity index (χ4v) is 6.88. The topological polar surface area (TPSA) is 179 Å². The Balaban J connectivity index is 1.52. The van der Waals surface area contributed by atoms with Gasteiger partial charge in [-0.15, -0.1) is 0 Å². The van der Waals surface area contributed by atoms with Gasteiger partial charge < -0.3 is 20.1 Å². The minimum absolute atomic E-state index is 0.101. The summed E-state index contributed by atoms with van der Waals surface area (Å²) in [6.07, 6.45) is 1.53. The number of carbonyl (C=O) groups is 6. The highest BCUT2D eigenvalue weighted by molar-refractivity contribution is 6.08. The molecule has 12 heteroatoms. The van der Waals surface area contributed by atoms with E-state index in [4.69, 9.17) is 20.1 Å². The SMILES string of the molecule is O=C(O)CCN1C(=O)C2CC=C3C(CC4C(=O)N(CCC(=O)O)C(=O)C4C3c3ccc(OCCO)cc3)C2C1=O. The van der Waals surface area contributed by atoms with Gasteiger partial charge in [-0.3, -0.25) is 38.6 Å². The lowest BCUT2D eigenvalue weighted by Crippen LogP contribution is -2.43. The number of imide groups is 2. The van der Waals surface area contributed by atoms with Crippen LogP contribution in [0, 0.1) is 29.6 Å². The maximum atomic E-state index is 13.6. The van der Waals surface area contributed by atoms with E-state index in [1.165, 1.54) is 0 Å². The van der Waals surface area contributed by atoms with E-state index in [9.17, 15) is 28.8 Å². The largest absolute Gasteiger partial charge is 0.491 e. The van der Waals surface area contributed by atoms with Gasteiger partial charge in [0.2, 0.25) is 23.6 Å². The molecular weight excluding hydrogens is 524 g/mol. The molecule has 2 heterocycles. The standard InChI is InChI=1S/C28H30N2O10/c31-11-12-40-15-3-1-14(2-4-15)22-16-5-6-17-23(27(38)29(25(17)36)9-7-20(32)33)18(16)13-19-24(22)28(39)30(26(19)37)10-8-21(34)35/h1-5,17-19,22-24,31H,6-13H2,(H,32,33)(H,34,35). The smallest absolute Gasteiger partial charge is 0.305 e. The van der Waals surface area contributed by atoms with Crippen LogP contribution in [0.15, 0.2) is 35.9 Å². The van der Waals surface area contributed by atoms with Crippen LogP contribution in [0.1, 0.15) is 37.2 Å². The van der Waals surface area contributed by atoms with Gasteiger partial charge in [0.15, 0.2) is 0 Å². The van der Waals surface area contributed by atoms with Crippen LogP contribution in [0.25, 0.3) is 0 Å². The second-order valence-electron chi connectivity index (χ2n) is 10.6. The Morgan fingerprint density at radius 1 is 0.800 bits per heavy atom. The zero-order valence-electron chi connectivity index (χ0n) is 21.6. The summed E-state index contributed by atoms with van der Waals surface area (Å²) in [5.41, 5.74) is 1.50. The number of amides is 4. The molecule has 2 aliphatic carbocycles. The molecule has 1 aromatic carbocycles. The average Bonchev–Trinajstić information content (AvgIpc) is 3.32. The molecule has 2 saturated heterocycles. The molecule has 212 valence electrons. The lowest BCUT2D eigenvalue weighted by Gasteiger charge is -2.44. The van der Waals surface area contributed by atoms with Crippen molar-refractivity contribution in [2.75, 3.05) is 26.3 Å². The molecule has 0 bridgehead atoms. The molecule has 40 heavy (non-hydrogen) atoms. The number of nitrogens with zero attached hydrogens (tertiary/aromatic N) is 2. The normalized spacial score (nSPS) is 29.2. The number of rotatable bonds is 10. The van der Waals surface area contributed by atoms with E-state index in [1.807, 2.05) is 6.08 Å². The molecule has 3 fully saturated rings. The van der Waals surface area contributed by atoms with Crippen LogP contribution in [0.4, 0.5) is 0 Å². The Morgan fingerprint density at radius 2 is 1.38 bits per heavy atom. The van der Waals surface area contributed by atoms with Crippen molar-refractivity contribution < 1.29 is 48.8 Å². The number of hydrogen-bond donors (Lipinski definition) is 3. The van der Waals surface area contributed by atoms with E-state index in [2.05, 4.69) is 0 Å². The van der Waals surface area contributed by atoms with Gasteiger partial charge in [-0.1, -0.05) is 23.8 Å². The van der Waals surface area contributed by atoms with Crippen LogP contribution < -0.4 is 4.74 Å². The van der Waals surface area contributed by atoms with Crippen molar-refractivity contribution >= 4 is 35.6 Å². The van der Waals surface area contributed by atoms with Gasteiger partial charge >= 0.3 is 11.9 Å². The minimum Gasteiger partial charge on any atom is -0.491 e. The van der Waals surface area contributed by atoms with E-state index in [0.717, 1.165) is 15.4 Å². The van der Waals surface area contributed by atoms with Gasteiger partial charge in [0.05, 0.1) is 43.1 Å².